The molecule has 0 radical (unpaired) electrons. The number of rotatable bonds is 7. The second kappa shape index (κ2) is 7.00. The molecule has 8 nitrogen and oxygen atoms in total. The van der Waals surface area contributed by atoms with Gasteiger partial charge >= 0.3 is 5.97 Å². The first-order chi connectivity index (χ1) is 9.53. The maximum Gasteiger partial charge on any atom is 0.336 e. The van der Waals surface area contributed by atoms with Crippen molar-refractivity contribution in [3.63, 3.8) is 0 Å². The van der Waals surface area contributed by atoms with Crippen LogP contribution in [-0.2, 0) is 20.0 Å². The van der Waals surface area contributed by atoms with Gasteiger partial charge in [-0.3, -0.25) is 0 Å². The fourth-order valence-electron chi connectivity index (χ4n) is 1.34. The van der Waals surface area contributed by atoms with Crippen molar-refractivity contribution in [1.29, 1.82) is 0 Å². The third kappa shape index (κ3) is 5.86. The standard InChI is InChI=1S/C10H13IN2O6S2/c1-20(16,17)12-4-5-13-21(18,19)7-2-3-9(11)8(6-7)10(14)15/h2-3,6,12-13H,4-5H2,1H3,(H,14,15). The zero-order chi connectivity index (χ0) is 16.3. The molecule has 0 saturated carbocycles. The third-order valence-electron chi connectivity index (χ3n) is 2.26. The molecule has 0 unspecified atom stereocenters. The van der Waals surface area contributed by atoms with E-state index in [0.717, 1.165) is 12.3 Å². The van der Waals surface area contributed by atoms with Crippen molar-refractivity contribution in [3.05, 3.63) is 27.3 Å². The molecule has 0 spiro atoms. The Kier molecular flexibility index (Phi) is 6.10. The van der Waals surface area contributed by atoms with Crippen molar-refractivity contribution >= 4 is 48.6 Å². The van der Waals surface area contributed by atoms with Gasteiger partial charge in [0.05, 0.1) is 16.7 Å². The Balaban J connectivity index is 2.84. The number of sulfonamides is 2. The highest BCUT2D eigenvalue weighted by Crippen LogP contribution is 2.17. The van der Waals surface area contributed by atoms with Gasteiger partial charge in [-0.15, -0.1) is 0 Å². The first kappa shape index (κ1) is 18.3. The lowest BCUT2D eigenvalue weighted by Crippen LogP contribution is -2.34. The molecule has 0 heterocycles. The van der Waals surface area contributed by atoms with E-state index in [4.69, 9.17) is 5.11 Å². The first-order valence-corrected chi connectivity index (χ1v) is 9.95. The first-order valence-electron chi connectivity index (χ1n) is 5.50. The minimum atomic E-state index is -3.90. The molecule has 0 aliphatic heterocycles. The molecule has 0 fully saturated rings. The molecule has 0 aliphatic rings. The monoisotopic (exact) mass is 448 g/mol. The van der Waals surface area contributed by atoms with Gasteiger partial charge < -0.3 is 5.11 Å². The minimum absolute atomic E-state index is 0.103. The molecule has 0 saturated heterocycles. The zero-order valence-electron chi connectivity index (χ0n) is 10.8. The van der Waals surface area contributed by atoms with E-state index in [1.807, 2.05) is 0 Å². The molecule has 0 amide bonds. The average molecular weight is 448 g/mol. The third-order valence-corrected chi connectivity index (χ3v) is 5.39. The van der Waals surface area contributed by atoms with Gasteiger partial charge in [-0.1, -0.05) is 0 Å². The Hall–Kier alpha value is -0.760. The number of halogens is 1. The molecule has 1 rings (SSSR count). The molecular weight excluding hydrogens is 435 g/mol. The van der Waals surface area contributed by atoms with Gasteiger partial charge in [-0.25, -0.2) is 31.1 Å². The largest absolute Gasteiger partial charge is 0.478 e. The summed E-state index contributed by atoms with van der Waals surface area (Å²) in [5.74, 6) is -1.23. The van der Waals surface area contributed by atoms with Crippen molar-refractivity contribution < 1.29 is 26.7 Å². The second-order valence-corrected chi connectivity index (χ2v) is 8.77. The smallest absolute Gasteiger partial charge is 0.336 e. The van der Waals surface area contributed by atoms with Crippen LogP contribution in [0.15, 0.2) is 23.1 Å². The average Bonchev–Trinajstić information content (AvgIpc) is 2.33. The quantitative estimate of drug-likeness (QED) is 0.392. The molecule has 3 N–H and O–H groups in total. The van der Waals surface area contributed by atoms with Crippen LogP contribution < -0.4 is 9.44 Å². The van der Waals surface area contributed by atoms with Crippen LogP contribution in [0.3, 0.4) is 0 Å². The van der Waals surface area contributed by atoms with Crippen molar-refractivity contribution in [3.8, 4) is 0 Å². The second-order valence-electron chi connectivity index (χ2n) is 4.01. The van der Waals surface area contributed by atoms with Gasteiger partial charge in [0.15, 0.2) is 0 Å². The number of carbonyl (C=O) groups is 1. The summed E-state index contributed by atoms with van der Waals surface area (Å²) in [7, 11) is -7.30. The Morgan fingerprint density at radius 3 is 2.29 bits per heavy atom. The van der Waals surface area contributed by atoms with E-state index in [1.54, 1.807) is 22.6 Å². The van der Waals surface area contributed by atoms with Gasteiger partial charge in [-0.2, -0.15) is 0 Å². The molecule has 11 heteroatoms. The van der Waals surface area contributed by atoms with Crippen molar-refractivity contribution in [2.24, 2.45) is 0 Å². The van der Waals surface area contributed by atoms with E-state index in [9.17, 15) is 21.6 Å². The van der Waals surface area contributed by atoms with Gasteiger partial charge in [-0.05, 0) is 40.8 Å². The van der Waals surface area contributed by atoms with Crippen LogP contribution in [0.1, 0.15) is 10.4 Å². The summed E-state index contributed by atoms with van der Waals surface area (Å²) < 4.78 is 50.3. The van der Waals surface area contributed by atoms with Crippen molar-refractivity contribution in [1.82, 2.24) is 9.44 Å². The van der Waals surface area contributed by atoms with Crippen LogP contribution in [-0.4, -0.2) is 47.3 Å². The predicted octanol–water partition coefficient (Wildman–Crippen LogP) is -0.183. The predicted molar refractivity (Wildman–Crippen MR) is 84.2 cm³/mol. The molecule has 0 aliphatic carbocycles. The SMILES string of the molecule is CS(=O)(=O)NCCNS(=O)(=O)c1ccc(I)c(C(=O)O)c1. The Morgan fingerprint density at radius 2 is 1.76 bits per heavy atom. The number of aromatic carboxylic acids is 1. The molecular formula is C10H13IN2O6S2. The van der Waals surface area contributed by atoms with Crippen LogP contribution in [0.2, 0.25) is 0 Å². The number of hydrogen-bond acceptors (Lipinski definition) is 5. The van der Waals surface area contributed by atoms with Gasteiger partial charge in [0.2, 0.25) is 20.0 Å². The van der Waals surface area contributed by atoms with E-state index in [2.05, 4.69) is 9.44 Å². The highest BCUT2D eigenvalue weighted by atomic mass is 127. The minimum Gasteiger partial charge on any atom is -0.478 e. The van der Waals surface area contributed by atoms with E-state index in [0.29, 0.717) is 3.57 Å². The molecule has 1 aromatic carbocycles. The maximum absolute atomic E-state index is 12.0. The molecule has 0 aromatic heterocycles. The van der Waals surface area contributed by atoms with Crippen molar-refractivity contribution in [2.45, 2.75) is 4.90 Å². The van der Waals surface area contributed by atoms with Crippen molar-refractivity contribution in [2.75, 3.05) is 19.3 Å². The van der Waals surface area contributed by atoms with E-state index in [-0.39, 0.29) is 23.5 Å². The van der Waals surface area contributed by atoms with E-state index in [1.165, 1.54) is 12.1 Å². The summed E-state index contributed by atoms with van der Waals surface area (Å²) in [4.78, 5) is 10.8. The lowest BCUT2D eigenvalue weighted by molar-refractivity contribution is 0.0695. The molecule has 1 aromatic rings. The number of benzene rings is 1. The Labute approximate surface area is 136 Å². The summed E-state index contributed by atoms with van der Waals surface area (Å²) in [5, 5.41) is 8.96. The summed E-state index contributed by atoms with van der Waals surface area (Å²) in [6, 6.07) is 3.71. The van der Waals surface area contributed by atoms with E-state index >= 15 is 0 Å². The van der Waals surface area contributed by atoms with Crippen LogP contribution in [0.25, 0.3) is 0 Å². The summed E-state index contributed by atoms with van der Waals surface area (Å²) in [5.41, 5.74) is -0.118. The highest BCUT2D eigenvalue weighted by molar-refractivity contribution is 14.1. The normalized spacial score (nSPS) is 12.3. The lowest BCUT2D eigenvalue weighted by Gasteiger charge is -2.08. The molecule has 0 atom stereocenters. The molecule has 21 heavy (non-hydrogen) atoms. The molecule has 0 bridgehead atoms. The summed E-state index contributed by atoms with van der Waals surface area (Å²) >= 11 is 1.79. The van der Waals surface area contributed by atoms with Crippen LogP contribution in [0, 0.1) is 3.57 Å². The number of carboxylic acids is 1. The fraction of sp³-hybridized carbons (Fsp3) is 0.300. The lowest BCUT2D eigenvalue weighted by atomic mass is 10.2. The summed E-state index contributed by atoms with van der Waals surface area (Å²) in [6.07, 6.45) is 0.958. The highest BCUT2D eigenvalue weighted by Gasteiger charge is 2.17. The topological polar surface area (TPSA) is 130 Å². The van der Waals surface area contributed by atoms with Gasteiger partial charge in [0, 0.05) is 16.7 Å². The fourth-order valence-corrected chi connectivity index (χ4v) is 3.44. The number of hydrogen-bond donors (Lipinski definition) is 3. The zero-order valence-corrected chi connectivity index (χ0v) is 14.6. The maximum atomic E-state index is 12.0. The van der Waals surface area contributed by atoms with Gasteiger partial charge in [0.25, 0.3) is 0 Å². The summed E-state index contributed by atoms with van der Waals surface area (Å²) in [6.45, 7) is -0.252. The Morgan fingerprint density at radius 1 is 1.19 bits per heavy atom. The number of nitrogens with one attached hydrogen (secondary N) is 2. The molecule has 118 valence electrons. The van der Waals surface area contributed by atoms with E-state index < -0.39 is 26.0 Å². The number of carboxylic acid groups (broad SMARTS) is 1. The van der Waals surface area contributed by atoms with Crippen LogP contribution in [0.5, 0.6) is 0 Å². The Bertz CT molecular complexity index is 745. The van der Waals surface area contributed by atoms with Gasteiger partial charge in [0.1, 0.15) is 0 Å². The van der Waals surface area contributed by atoms with Crippen LogP contribution in [0.4, 0.5) is 0 Å². The van der Waals surface area contributed by atoms with Crippen LogP contribution >= 0.6 is 22.6 Å².